The van der Waals surface area contributed by atoms with Crippen LogP contribution in [-0.2, 0) is 47.6 Å². The fourth-order valence-electron chi connectivity index (χ4n) is 9.18. The number of carbonyl (C=O) groups excluding carboxylic acids is 2. The minimum absolute atomic E-state index is 0. The van der Waals surface area contributed by atoms with Crippen molar-refractivity contribution in [1.82, 2.24) is 0 Å². The predicted molar refractivity (Wildman–Crippen MR) is 270 cm³/mol. The Labute approximate surface area is 462 Å². The number of unbranched alkanes of at least 4 members (excludes halogenated alkanes) is 10. The van der Waals surface area contributed by atoms with Gasteiger partial charge in [0.05, 0.1) is 87.5 Å². The molecule has 0 radical (unpaired) electrons. The van der Waals surface area contributed by atoms with Crippen molar-refractivity contribution in [3.05, 3.63) is 23.3 Å². The number of ether oxygens (including phenoxy) is 6. The van der Waals surface area contributed by atoms with E-state index in [0.717, 1.165) is 64.2 Å². The molecule has 0 aliphatic carbocycles. The molecule has 20 nitrogen and oxygen atoms in total. The zero-order valence-electron chi connectivity index (χ0n) is 44.3. The Morgan fingerprint density at radius 3 is 1.15 bits per heavy atom. The van der Waals surface area contributed by atoms with Gasteiger partial charge in [-0.2, -0.15) is 0 Å². The summed E-state index contributed by atoms with van der Waals surface area (Å²) in [5.41, 5.74) is 1.42. The van der Waals surface area contributed by atoms with Gasteiger partial charge in [0.15, 0.2) is 0 Å². The van der Waals surface area contributed by atoms with Gasteiger partial charge in [0.25, 0.3) is 0 Å². The molecule has 4 fully saturated rings. The van der Waals surface area contributed by atoms with Gasteiger partial charge in [-0.15, -0.1) is 0 Å². The van der Waals surface area contributed by atoms with Crippen LogP contribution in [0.1, 0.15) is 157 Å². The fourth-order valence-corrected chi connectivity index (χ4v) is 9.18. The molecule has 12 N–H and O–H groups in total. The largest absolute Gasteiger partial charge is 2.00 e. The van der Waals surface area contributed by atoms with Gasteiger partial charge in [-0.25, -0.2) is 9.59 Å². The number of carboxylic acid groups (broad SMARTS) is 2. The molecular weight excluding hydrogens is 985 g/mol. The third-order valence-corrected chi connectivity index (χ3v) is 14.2. The first-order valence-corrected chi connectivity index (χ1v) is 25.9. The van der Waals surface area contributed by atoms with Gasteiger partial charge >= 0.3 is 61.6 Å². The Morgan fingerprint density at radius 2 is 0.836 bits per heavy atom. The molecule has 0 saturated carbocycles. The van der Waals surface area contributed by atoms with Crippen LogP contribution in [0.3, 0.4) is 0 Å². The first-order valence-electron chi connectivity index (χ1n) is 25.9. The van der Waals surface area contributed by atoms with Crippen LogP contribution in [0.4, 0.5) is 0 Å². The maximum absolute atomic E-state index is 12.1. The molecule has 16 unspecified atom stereocenters. The molecule has 0 aromatic heterocycles. The molecule has 21 heteroatoms. The zero-order valence-corrected chi connectivity index (χ0v) is 46.5. The molecule has 420 valence electrons. The normalized spacial score (nSPS) is 29.3. The fraction of sp³-hybridized carbons (Fsp3) is 0.846. The third kappa shape index (κ3) is 27.8. The van der Waals surface area contributed by atoms with Crippen molar-refractivity contribution < 1.29 is 99.4 Å². The number of aliphatic hydroxyl groups excluding tert-OH is 6. The molecule has 0 aromatic carbocycles. The van der Waals surface area contributed by atoms with Crippen LogP contribution in [0, 0.1) is 23.7 Å². The maximum atomic E-state index is 12.1. The quantitative estimate of drug-likeness (QED) is 0.0158. The van der Waals surface area contributed by atoms with E-state index in [4.69, 9.17) is 38.6 Å². The molecule has 4 saturated heterocycles. The van der Waals surface area contributed by atoms with Gasteiger partial charge < -0.3 is 80.2 Å². The minimum atomic E-state index is -1.06. The van der Waals surface area contributed by atoms with Crippen molar-refractivity contribution in [2.45, 2.75) is 230 Å². The molecule has 4 rings (SSSR count). The molecule has 0 bridgehead atoms. The number of aliphatic carboxylic acids is 2. The average Bonchev–Trinajstić information content (AvgIpc) is 4.23. The summed E-state index contributed by atoms with van der Waals surface area (Å²) >= 11 is 0. The van der Waals surface area contributed by atoms with E-state index in [1.165, 1.54) is 12.2 Å². The number of hydrogen-bond acceptors (Lipinski definition) is 16. The molecule has 4 aliphatic rings. The molecule has 4 aliphatic heterocycles. The molecule has 4 heterocycles. The number of aliphatic hydroxyl groups is 6. The van der Waals surface area contributed by atoms with Crippen LogP contribution in [0.15, 0.2) is 23.3 Å². The smallest absolute Gasteiger partial charge is 0.481 e. The second-order valence-electron chi connectivity index (χ2n) is 20.4. The van der Waals surface area contributed by atoms with Crippen LogP contribution in [0.2, 0.25) is 0 Å². The van der Waals surface area contributed by atoms with E-state index >= 15 is 0 Å². The Balaban J connectivity index is 0.00000136. The second-order valence-corrected chi connectivity index (χ2v) is 20.4. The number of epoxide rings is 2. The topological polar surface area (TPSA) is 355 Å². The van der Waals surface area contributed by atoms with Crippen LogP contribution < -0.4 is 0 Å². The molecule has 0 aromatic rings. The minimum Gasteiger partial charge on any atom is -0.481 e. The van der Waals surface area contributed by atoms with Crippen LogP contribution in [0.5, 0.6) is 0 Å². The number of rotatable bonds is 32. The van der Waals surface area contributed by atoms with Gasteiger partial charge in [-0.1, -0.05) is 76.4 Å². The van der Waals surface area contributed by atoms with Crippen molar-refractivity contribution in [2.75, 3.05) is 26.4 Å². The van der Waals surface area contributed by atoms with E-state index in [1.807, 2.05) is 13.8 Å². The summed E-state index contributed by atoms with van der Waals surface area (Å²) in [5, 5.41) is 78.9. The van der Waals surface area contributed by atoms with E-state index in [2.05, 4.69) is 0 Å². The van der Waals surface area contributed by atoms with E-state index in [0.29, 0.717) is 76.1 Å². The first-order chi connectivity index (χ1) is 33.2. The van der Waals surface area contributed by atoms with Gasteiger partial charge in [-0.3, -0.25) is 9.59 Å². The number of hydrogen-bond donors (Lipinski definition) is 8. The summed E-state index contributed by atoms with van der Waals surface area (Å²) in [6, 6.07) is 0. The third-order valence-electron chi connectivity index (χ3n) is 14.2. The van der Waals surface area contributed by atoms with Gasteiger partial charge in [0, 0.05) is 48.7 Å². The van der Waals surface area contributed by atoms with Gasteiger partial charge in [0.1, 0.15) is 12.2 Å². The second kappa shape index (κ2) is 37.8. The predicted octanol–water partition coefficient (Wildman–Crippen LogP) is 3.15. The van der Waals surface area contributed by atoms with Gasteiger partial charge in [0.2, 0.25) is 0 Å². The van der Waals surface area contributed by atoms with E-state index in [-0.39, 0.29) is 110 Å². The zero-order chi connectivity index (χ0) is 51.9. The summed E-state index contributed by atoms with van der Waals surface area (Å²) in [4.78, 5) is 45.0. The molecule has 16 atom stereocenters. The monoisotopic (exact) mass is 1080 g/mol. The molecule has 0 amide bonds. The summed E-state index contributed by atoms with van der Waals surface area (Å²) in [6.45, 7) is 12.1. The molecular formula is C52H92CaO20+2. The van der Waals surface area contributed by atoms with E-state index < -0.39 is 72.7 Å². The van der Waals surface area contributed by atoms with Crippen LogP contribution >= 0.6 is 0 Å². The van der Waals surface area contributed by atoms with E-state index in [1.54, 1.807) is 27.7 Å². The van der Waals surface area contributed by atoms with Crippen LogP contribution in [0.25, 0.3) is 0 Å². The number of carboxylic acids is 2. The van der Waals surface area contributed by atoms with Gasteiger partial charge in [-0.05, 0) is 79.1 Å². The summed E-state index contributed by atoms with van der Waals surface area (Å²) < 4.78 is 33.4. The summed E-state index contributed by atoms with van der Waals surface area (Å²) in [5.74, 6) is -2.84. The number of esters is 2. The van der Waals surface area contributed by atoms with Crippen molar-refractivity contribution in [3.8, 4) is 0 Å². The molecule has 0 spiro atoms. The summed E-state index contributed by atoms with van der Waals surface area (Å²) in [6.07, 6.45) is 9.23. The van der Waals surface area contributed by atoms with Crippen LogP contribution in [-0.4, -0.2) is 213 Å². The maximum Gasteiger partial charge on any atom is 2.00 e. The van der Waals surface area contributed by atoms with Crippen molar-refractivity contribution in [1.29, 1.82) is 0 Å². The first kappa shape index (κ1) is 71.1. The average molecular weight is 1080 g/mol. The Kier molecular flexibility index (Phi) is 36.9. The molecule has 73 heavy (non-hydrogen) atoms. The standard InChI is InChI=1S/2C26H44O9.Ca.2H2O/c2*1-16(13-23(30)33-11-9-7-5-4-6-8-10-22(28)29)12-20-25(32)24(31)19(15-34-20)14-21-26(35-21)17(2)18(3)27;;;/h2*13,17-21,24-27,31-32H,4-12,14-15H2,1-3H3,(H,28,29);;2*1H2/q;;+2;;/b2*16-13+;;;. The SMILES string of the molecule is C/C(=C\C(=O)OCCCCCCCCC(=O)O)CC1OCC(CC2OC2C(C)C(C)O)C(O)C1O.C/C(=C\C(=O)OCCCCCCCCC(=O)O)CC1OCC(CC2OC2C(C)C(C)O)C(O)C1O.O.O.[Ca+2]. The van der Waals surface area contributed by atoms with Crippen molar-refractivity contribution in [3.63, 3.8) is 0 Å². The number of carbonyl (C=O) groups is 4. The van der Waals surface area contributed by atoms with E-state index in [9.17, 15) is 49.8 Å². The summed E-state index contributed by atoms with van der Waals surface area (Å²) in [7, 11) is 0. The van der Waals surface area contributed by atoms with Crippen molar-refractivity contribution in [2.24, 2.45) is 23.7 Å². The Morgan fingerprint density at radius 1 is 0.521 bits per heavy atom. The Bertz CT molecular complexity index is 1510. The van der Waals surface area contributed by atoms with Crippen molar-refractivity contribution >= 4 is 61.6 Å². The Hall–Kier alpha value is -1.86.